The molecule has 5 nitrogen and oxygen atoms in total. The zero-order valence-electron chi connectivity index (χ0n) is 9.96. The summed E-state index contributed by atoms with van der Waals surface area (Å²) in [7, 11) is -2.91. The fraction of sp³-hybridized carbons (Fsp3) is 0.900. The second-order valence-electron chi connectivity index (χ2n) is 4.35. The third-order valence-electron chi connectivity index (χ3n) is 2.72. The first kappa shape index (κ1) is 14.8. The van der Waals surface area contributed by atoms with Gasteiger partial charge in [-0.1, -0.05) is 0 Å². The fourth-order valence-electron chi connectivity index (χ4n) is 1.90. The summed E-state index contributed by atoms with van der Waals surface area (Å²) in [6, 6.07) is 0.0470. The van der Waals surface area contributed by atoms with Crippen molar-refractivity contribution >= 4 is 27.6 Å². The molecule has 1 aliphatic rings. The van der Waals surface area contributed by atoms with Crippen LogP contribution in [0.1, 0.15) is 12.8 Å². The molecule has 1 aliphatic heterocycles. The van der Waals surface area contributed by atoms with Gasteiger partial charge in [0.25, 0.3) is 0 Å². The number of carboxylic acid groups (broad SMARTS) is 1. The van der Waals surface area contributed by atoms with E-state index in [1.165, 1.54) is 6.26 Å². The zero-order chi connectivity index (χ0) is 12.9. The molecule has 0 amide bonds. The molecule has 1 fully saturated rings. The van der Waals surface area contributed by atoms with Gasteiger partial charge in [-0.25, -0.2) is 8.42 Å². The Bertz CT molecular complexity index is 355. The Morgan fingerprint density at radius 3 is 2.82 bits per heavy atom. The van der Waals surface area contributed by atoms with Crippen LogP contribution in [0.2, 0.25) is 0 Å². The molecule has 0 aromatic rings. The van der Waals surface area contributed by atoms with Crippen molar-refractivity contribution in [3.05, 3.63) is 0 Å². The number of thioether (sulfide) groups is 1. The minimum atomic E-state index is -2.91. The lowest BCUT2D eigenvalue weighted by molar-refractivity contribution is -0.138. The van der Waals surface area contributed by atoms with Crippen LogP contribution in [0.5, 0.6) is 0 Å². The highest BCUT2D eigenvalue weighted by molar-refractivity contribution is 7.99. The first-order chi connectivity index (χ1) is 7.88. The van der Waals surface area contributed by atoms with Gasteiger partial charge in [0, 0.05) is 30.3 Å². The van der Waals surface area contributed by atoms with Gasteiger partial charge in [-0.3, -0.25) is 9.69 Å². The molecule has 7 heteroatoms. The van der Waals surface area contributed by atoms with Crippen molar-refractivity contribution in [1.29, 1.82) is 0 Å². The highest BCUT2D eigenvalue weighted by Crippen LogP contribution is 2.19. The topological polar surface area (TPSA) is 74.7 Å². The SMILES string of the molecule is CS(=O)(=O)CCCN1CCSCC1CC(=O)O. The molecular weight excluding hydrogens is 262 g/mol. The van der Waals surface area contributed by atoms with Gasteiger partial charge in [-0.15, -0.1) is 0 Å². The second kappa shape index (κ2) is 6.61. The second-order valence-corrected chi connectivity index (χ2v) is 7.76. The first-order valence-electron chi connectivity index (χ1n) is 5.60. The molecule has 0 spiro atoms. The summed E-state index contributed by atoms with van der Waals surface area (Å²) in [4.78, 5) is 12.8. The van der Waals surface area contributed by atoms with Crippen molar-refractivity contribution in [3.63, 3.8) is 0 Å². The minimum Gasteiger partial charge on any atom is -0.481 e. The van der Waals surface area contributed by atoms with Gasteiger partial charge in [0.15, 0.2) is 0 Å². The number of hydrogen-bond donors (Lipinski definition) is 1. The fourth-order valence-corrected chi connectivity index (χ4v) is 3.69. The molecule has 0 saturated carbocycles. The molecule has 17 heavy (non-hydrogen) atoms. The van der Waals surface area contributed by atoms with E-state index in [1.807, 2.05) is 0 Å². The minimum absolute atomic E-state index is 0.0470. The van der Waals surface area contributed by atoms with E-state index in [-0.39, 0.29) is 18.2 Å². The van der Waals surface area contributed by atoms with Crippen molar-refractivity contribution in [1.82, 2.24) is 4.90 Å². The Balaban J connectivity index is 2.40. The number of hydrogen-bond acceptors (Lipinski definition) is 5. The standard InChI is InChI=1S/C10H19NO4S2/c1-17(14,15)6-2-3-11-4-5-16-8-9(11)7-10(12)13/h9H,2-8H2,1H3,(H,12,13). The summed E-state index contributed by atoms with van der Waals surface area (Å²) in [5, 5.41) is 8.81. The molecule has 1 unspecified atom stereocenters. The van der Waals surface area contributed by atoms with Crippen molar-refractivity contribution in [2.45, 2.75) is 18.9 Å². The molecule has 0 aromatic carbocycles. The van der Waals surface area contributed by atoms with Gasteiger partial charge in [0.1, 0.15) is 9.84 Å². The van der Waals surface area contributed by atoms with Crippen LogP contribution in [-0.2, 0) is 14.6 Å². The van der Waals surface area contributed by atoms with E-state index in [1.54, 1.807) is 11.8 Å². The van der Waals surface area contributed by atoms with Gasteiger partial charge < -0.3 is 5.11 Å². The van der Waals surface area contributed by atoms with Crippen LogP contribution >= 0.6 is 11.8 Å². The Labute approximate surface area is 106 Å². The van der Waals surface area contributed by atoms with Crippen LogP contribution in [0.15, 0.2) is 0 Å². The van der Waals surface area contributed by atoms with Crippen molar-refractivity contribution in [3.8, 4) is 0 Å². The van der Waals surface area contributed by atoms with E-state index < -0.39 is 15.8 Å². The molecule has 1 rings (SSSR count). The average Bonchev–Trinajstić information content (AvgIpc) is 2.18. The first-order valence-corrected chi connectivity index (χ1v) is 8.81. The number of carboxylic acids is 1. The maximum atomic E-state index is 11.0. The van der Waals surface area contributed by atoms with Gasteiger partial charge in [-0.05, 0) is 13.0 Å². The van der Waals surface area contributed by atoms with Crippen molar-refractivity contribution < 1.29 is 18.3 Å². The number of nitrogens with zero attached hydrogens (tertiary/aromatic N) is 1. The third kappa shape index (κ3) is 6.28. The van der Waals surface area contributed by atoms with Crippen LogP contribution in [0, 0.1) is 0 Å². The Morgan fingerprint density at radius 2 is 2.24 bits per heavy atom. The Hall–Kier alpha value is -0.270. The quantitative estimate of drug-likeness (QED) is 0.755. The van der Waals surface area contributed by atoms with E-state index in [4.69, 9.17) is 5.11 Å². The Morgan fingerprint density at radius 1 is 1.53 bits per heavy atom. The van der Waals surface area contributed by atoms with E-state index >= 15 is 0 Å². The van der Waals surface area contributed by atoms with Gasteiger partial charge >= 0.3 is 5.97 Å². The van der Waals surface area contributed by atoms with Crippen molar-refractivity contribution in [2.75, 3.05) is 36.6 Å². The summed E-state index contributed by atoms with van der Waals surface area (Å²) in [6.45, 7) is 1.53. The highest BCUT2D eigenvalue weighted by Gasteiger charge is 2.24. The van der Waals surface area contributed by atoms with E-state index in [9.17, 15) is 13.2 Å². The lowest BCUT2D eigenvalue weighted by atomic mass is 10.2. The monoisotopic (exact) mass is 281 g/mol. The molecule has 1 N–H and O–H groups in total. The summed E-state index contributed by atoms with van der Waals surface area (Å²) in [5.74, 6) is 1.21. The number of rotatable bonds is 6. The lowest BCUT2D eigenvalue weighted by Gasteiger charge is -2.34. The molecule has 1 atom stereocenters. The predicted octanol–water partition coefficient (Wildman–Crippen LogP) is 0.313. The number of carbonyl (C=O) groups is 1. The van der Waals surface area contributed by atoms with Gasteiger partial charge in [-0.2, -0.15) is 11.8 Å². The van der Waals surface area contributed by atoms with Crippen LogP contribution in [0.4, 0.5) is 0 Å². The smallest absolute Gasteiger partial charge is 0.304 e. The van der Waals surface area contributed by atoms with E-state index in [0.717, 1.165) is 18.1 Å². The summed E-state index contributed by atoms with van der Waals surface area (Å²) < 4.78 is 22.0. The van der Waals surface area contributed by atoms with Crippen LogP contribution in [0.3, 0.4) is 0 Å². The van der Waals surface area contributed by atoms with Crippen LogP contribution in [-0.4, -0.2) is 67.0 Å². The molecular formula is C10H19NO4S2. The van der Waals surface area contributed by atoms with Crippen LogP contribution < -0.4 is 0 Å². The predicted molar refractivity (Wildman–Crippen MR) is 69.3 cm³/mol. The number of aliphatic carboxylic acids is 1. The normalized spacial score (nSPS) is 22.5. The lowest BCUT2D eigenvalue weighted by Crippen LogP contribution is -2.44. The van der Waals surface area contributed by atoms with E-state index in [0.29, 0.717) is 13.0 Å². The average molecular weight is 281 g/mol. The summed E-state index contributed by atoms with van der Waals surface area (Å²) >= 11 is 1.76. The highest BCUT2D eigenvalue weighted by atomic mass is 32.2. The molecule has 0 radical (unpaired) electrons. The largest absolute Gasteiger partial charge is 0.481 e. The van der Waals surface area contributed by atoms with Crippen LogP contribution in [0.25, 0.3) is 0 Å². The maximum Gasteiger partial charge on any atom is 0.304 e. The molecule has 0 bridgehead atoms. The zero-order valence-corrected chi connectivity index (χ0v) is 11.6. The van der Waals surface area contributed by atoms with Gasteiger partial charge in [0.05, 0.1) is 12.2 Å². The van der Waals surface area contributed by atoms with Gasteiger partial charge in [0.2, 0.25) is 0 Å². The summed E-state index contributed by atoms with van der Waals surface area (Å²) in [5.41, 5.74) is 0. The van der Waals surface area contributed by atoms with E-state index in [2.05, 4.69) is 4.90 Å². The Kier molecular flexibility index (Phi) is 5.75. The maximum absolute atomic E-state index is 11.0. The number of sulfone groups is 1. The molecule has 1 saturated heterocycles. The third-order valence-corrected chi connectivity index (χ3v) is 4.84. The molecule has 0 aromatic heterocycles. The molecule has 0 aliphatic carbocycles. The molecule has 100 valence electrons. The molecule has 1 heterocycles. The van der Waals surface area contributed by atoms with Crippen molar-refractivity contribution in [2.24, 2.45) is 0 Å². The summed E-state index contributed by atoms with van der Waals surface area (Å²) in [6.07, 6.45) is 1.96.